The highest BCUT2D eigenvalue weighted by Gasteiger charge is 2.08. The first kappa shape index (κ1) is 13.1. The van der Waals surface area contributed by atoms with Gasteiger partial charge in [0.1, 0.15) is 0 Å². The van der Waals surface area contributed by atoms with Crippen LogP contribution in [0, 0.1) is 5.92 Å². The maximum Gasteiger partial charge on any atom is 0.338 e. The van der Waals surface area contributed by atoms with Gasteiger partial charge < -0.3 is 4.74 Å². The summed E-state index contributed by atoms with van der Waals surface area (Å²) in [5.74, 6) is 0.00446. The predicted molar refractivity (Wildman–Crippen MR) is 64.0 cm³/mol. The number of rotatable bonds is 5. The molecule has 0 N–H and O–H groups in total. The van der Waals surface area contributed by atoms with E-state index in [2.05, 4.69) is 4.99 Å². The number of nitrogens with zero attached hydrogens (tertiary/aromatic N) is 1. The average Bonchev–Trinajstić information content (AvgIpc) is 2.36. The van der Waals surface area contributed by atoms with Gasteiger partial charge in [0.05, 0.1) is 17.9 Å². The summed E-state index contributed by atoms with van der Waals surface area (Å²) in [6.45, 7) is 4.49. The Morgan fingerprint density at radius 3 is 2.59 bits per heavy atom. The lowest BCUT2D eigenvalue weighted by atomic mass is 10.1. The van der Waals surface area contributed by atoms with E-state index in [0.717, 1.165) is 6.42 Å². The summed E-state index contributed by atoms with van der Waals surface area (Å²) < 4.78 is 5.13. The highest BCUT2D eigenvalue weighted by Crippen LogP contribution is 2.13. The zero-order valence-electron chi connectivity index (χ0n) is 9.97. The molecule has 0 saturated heterocycles. The minimum atomic E-state index is -0.355. The minimum absolute atomic E-state index is 0.355. The first-order valence-corrected chi connectivity index (χ1v) is 5.52. The number of ether oxygens (including phenoxy) is 1. The summed E-state index contributed by atoms with van der Waals surface area (Å²) in [5, 5.41) is 0. The van der Waals surface area contributed by atoms with Gasteiger partial charge in [-0.05, 0) is 30.2 Å². The van der Waals surface area contributed by atoms with Crippen LogP contribution in [-0.2, 0) is 9.53 Å². The highest BCUT2D eigenvalue weighted by atomic mass is 16.5. The van der Waals surface area contributed by atoms with Crippen molar-refractivity contribution in [2.45, 2.75) is 20.3 Å². The fourth-order valence-corrected chi connectivity index (χ4v) is 1.14. The second-order valence-electron chi connectivity index (χ2n) is 3.86. The molecule has 90 valence electrons. The summed E-state index contributed by atoms with van der Waals surface area (Å²) in [6, 6.07) is 6.31. The number of carbonyl (C=O) groups is 1. The van der Waals surface area contributed by atoms with Crippen LogP contribution in [0.25, 0.3) is 0 Å². The summed E-state index contributed by atoms with van der Waals surface area (Å²) in [6.07, 6.45) is 2.41. The third-order valence-electron chi connectivity index (χ3n) is 2.47. The van der Waals surface area contributed by atoms with Gasteiger partial charge in [-0.3, -0.25) is 0 Å². The molecule has 0 aliphatic rings. The number of aliphatic imine (C=N–C) groups is 1. The van der Waals surface area contributed by atoms with Crippen molar-refractivity contribution >= 4 is 17.7 Å². The Labute approximate surface area is 100 Å². The van der Waals surface area contributed by atoms with Gasteiger partial charge in [-0.1, -0.05) is 20.3 Å². The molecule has 0 radical (unpaired) electrons. The Morgan fingerprint density at radius 2 is 2.06 bits per heavy atom. The maximum atomic E-state index is 11.6. The van der Waals surface area contributed by atoms with Gasteiger partial charge in [-0.2, -0.15) is 4.99 Å². The number of isocyanates is 1. The van der Waals surface area contributed by atoms with Crippen molar-refractivity contribution in [3.63, 3.8) is 0 Å². The average molecular weight is 233 g/mol. The van der Waals surface area contributed by atoms with Crippen molar-refractivity contribution in [1.29, 1.82) is 0 Å². The number of benzene rings is 1. The Bertz CT molecular complexity index is 419. The quantitative estimate of drug-likeness (QED) is 0.446. The van der Waals surface area contributed by atoms with Crippen molar-refractivity contribution < 1.29 is 14.3 Å². The van der Waals surface area contributed by atoms with Gasteiger partial charge in [0.25, 0.3) is 0 Å². The van der Waals surface area contributed by atoms with E-state index in [1.54, 1.807) is 24.3 Å². The van der Waals surface area contributed by atoms with E-state index < -0.39 is 0 Å². The molecular formula is C13H15NO3. The molecule has 4 nitrogen and oxygen atoms in total. The van der Waals surface area contributed by atoms with Crippen LogP contribution in [0.1, 0.15) is 30.6 Å². The van der Waals surface area contributed by atoms with Gasteiger partial charge >= 0.3 is 5.97 Å². The third-order valence-corrected chi connectivity index (χ3v) is 2.47. The molecule has 1 rings (SSSR count). The lowest BCUT2D eigenvalue weighted by Crippen LogP contribution is -2.11. The highest BCUT2D eigenvalue weighted by molar-refractivity contribution is 5.89. The molecule has 0 fully saturated rings. The number of carbonyl (C=O) groups excluding carboxylic acids is 2. The fraction of sp³-hybridized carbons (Fsp3) is 0.385. The van der Waals surface area contributed by atoms with Gasteiger partial charge in [0.15, 0.2) is 0 Å². The Hall–Kier alpha value is -1.93. The van der Waals surface area contributed by atoms with Crippen molar-refractivity contribution in [1.82, 2.24) is 0 Å². The molecule has 1 aromatic carbocycles. The monoisotopic (exact) mass is 233 g/mol. The Morgan fingerprint density at radius 1 is 1.41 bits per heavy atom. The van der Waals surface area contributed by atoms with Crippen LogP contribution in [0.2, 0.25) is 0 Å². The van der Waals surface area contributed by atoms with Crippen LogP contribution < -0.4 is 0 Å². The number of hydrogen-bond acceptors (Lipinski definition) is 4. The molecule has 0 aliphatic carbocycles. The van der Waals surface area contributed by atoms with E-state index in [0.29, 0.717) is 23.8 Å². The lowest BCUT2D eigenvalue weighted by Gasteiger charge is -2.09. The summed E-state index contributed by atoms with van der Waals surface area (Å²) in [4.78, 5) is 25.1. The first-order valence-electron chi connectivity index (χ1n) is 5.52. The van der Waals surface area contributed by atoms with E-state index in [1.807, 2.05) is 13.8 Å². The zero-order chi connectivity index (χ0) is 12.7. The molecule has 17 heavy (non-hydrogen) atoms. The van der Waals surface area contributed by atoms with E-state index in [4.69, 9.17) is 4.74 Å². The SMILES string of the molecule is CC[C@H](C)COC(=O)c1ccc(N=C=O)cc1. The van der Waals surface area contributed by atoms with Crippen LogP contribution in [0.4, 0.5) is 5.69 Å². The van der Waals surface area contributed by atoms with E-state index in [9.17, 15) is 9.59 Å². The zero-order valence-corrected chi connectivity index (χ0v) is 9.97. The van der Waals surface area contributed by atoms with Crippen LogP contribution in [0.5, 0.6) is 0 Å². The van der Waals surface area contributed by atoms with Gasteiger partial charge in [0.2, 0.25) is 6.08 Å². The normalized spacial score (nSPS) is 11.4. The molecule has 0 unspecified atom stereocenters. The van der Waals surface area contributed by atoms with Gasteiger partial charge in [0, 0.05) is 0 Å². The number of esters is 1. The molecule has 4 heteroatoms. The minimum Gasteiger partial charge on any atom is -0.462 e. The fourth-order valence-electron chi connectivity index (χ4n) is 1.14. The lowest BCUT2D eigenvalue weighted by molar-refractivity contribution is 0.0447. The summed E-state index contributed by atoms with van der Waals surface area (Å²) in [7, 11) is 0. The van der Waals surface area contributed by atoms with Crippen molar-refractivity contribution in [2.75, 3.05) is 6.61 Å². The molecule has 1 aromatic rings. The van der Waals surface area contributed by atoms with Crippen molar-refractivity contribution in [3.05, 3.63) is 29.8 Å². The van der Waals surface area contributed by atoms with E-state index in [1.165, 1.54) is 6.08 Å². The molecule has 0 aromatic heterocycles. The van der Waals surface area contributed by atoms with Gasteiger partial charge in [-0.15, -0.1) is 0 Å². The molecule has 0 saturated carbocycles. The van der Waals surface area contributed by atoms with E-state index >= 15 is 0 Å². The Balaban J connectivity index is 2.60. The van der Waals surface area contributed by atoms with Crippen LogP contribution in [0.3, 0.4) is 0 Å². The maximum absolute atomic E-state index is 11.6. The topological polar surface area (TPSA) is 55.7 Å². The molecule has 0 amide bonds. The first-order chi connectivity index (χ1) is 8.17. The molecule has 0 bridgehead atoms. The van der Waals surface area contributed by atoms with Crippen LogP contribution >= 0.6 is 0 Å². The van der Waals surface area contributed by atoms with Crippen LogP contribution in [-0.4, -0.2) is 18.7 Å². The summed E-state index contributed by atoms with van der Waals surface area (Å²) in [5.41, 5.74) is 0.927. The molecule has 0 aliphatic heterocycles. The molecule has 1 atom stereocenters. The summed E-state index contributed by atoms with van der Waals surface area (Å²) >= 11 is 0. The van der Waals surface area contributed by atoms with E-state index in [-0.39, 0.29) is 5.97 Å². The van der Waals surface area contributed by atoms with Crippen molar-refractivity contribution in [2.24, 2.45) is 10.9 Å². The smallest absolute Gasteiger partial charge is 0.338 e. The second-order valence-corrected chi connectivity index (χ2v) is 3.86. The standard InChI is InChI=1S/C13H15NO3/c1-3-10(2)8-17-13(16)11-4-6-12(7-5-11)14-9-15/h4-7,10H,3,8H2,1-2H3/t10-/m0/s1. The van der Waals surface area contributed by atoms with Gasteiger partial charge in [-0.25, -0.2) is 9.59 Å². The Kier molecular flexibility index (Phi) is 5.11. The second kappa shape index (κ2) is 6.61. The van der Waals surface area contributed by atoms with Crippen LogP contribution in [0.15, 0.2) is 29.3 Å². The molecule has 0 spiro atoms. The van der Waals surface area contributed by atoms with Crippen molar-refractivity contribution in [3.8, 4) is 0 Å². The third kappa shape index (κ3) is 4.21. The molecule has 0 heterocycles. The largest absolute Gasteiger partial charge is 0.462 e. The molecular weight excluding hydrogens is 218 g/mol. The predicted octanol–water partition coefficient (Wildman–Crippen LogP) is 2.86. The number of hydrogen-bond donors (Lipinski definition) is 0.